The zero-order chi connectivity index (χ0) is 14.3. The van der Waals surface area contributed by atoms with E-state index in [1.807, 2.05) is 4.90 Å². The number of fused-ring (bicyclic) bond motifs is 1. The minimum Gasteiger partial charge on any atom is -0.338 e. The van der Waals surface area contributed by atoms with Crippen molar-refractivity contribution in [3.63, 3.8) is 0 Å². The smallest absolute Gasteiger partial charge is 0.254 e. The van der Waals surface area contributed by atoms with Gasteiger partial charge in [-0.1, -0.05) is 0 Å². The largest absolute Gasteiger partial charge is 0.338 e. The van der Waals surface area contributed by atoms with Crippen molar-refractivity contribution < 1.29 is 4.79 Å². The van der Waals surface area contributed by atoms with E-state index in [-0.39, 0.29) is 17.9 Å². The number of carbonyl (C=O) groups excluding carboxylic acids is 1. The van der Waals surface area contributed by atoms with Gasteiger partial charge in [-0.25, -0.2) is 4.98 Å². The topological polar surface area (TPSA) is 78.1 Å². The number of amides is 1. The molecule has 1 amide bonds. The molecular formula is C14H20N4O2. The van der Waals surface area contributed by atoms with E-state index in [4.69, 9.17) is 0 Å². The van der Waals surface area contributed by atoms with Crippen molar-refractivity contribution in [3.8, 4) is 0 Å². The van der Waals surface area contributed by atoms with Gasteiger partial charge in [0, 0.05) is 36.9 Å². The molecule has 1 aromatic heterocycles. The first-order valence-corrected chi connectivity index (χ1v) is 7.13. The number of nitrogens with zero attached hydrogens (tertiary/aromatic N) is 2. The number of carbonyl (C=O) groups is 1. The Morgan fingerprint density at radius 2 is 2.20 bits per heavy atom. The molecule has 2 aliphatic rings. The number of likely N-dealkylation sites (tertiary alicyclic amines) is 1. The van der Waals surface area contributed by atoms with Crippen molar-refractivity contribution in [2.75, 3.05) is 19.6 Å². The summed E-state index contributed by atoms with van der Waals surface area (Å²) in [4.78, 5) is 33.3. The van der Waals surface area contributed by atoms with Crippen LogP contribution in [0.1, 0.15) is 23.5 Å². The van der Waals surface area contributed by atoms with Crippen LogP contribution in [0, 0.1) is 19.8 Å². The predicted molar refractivity (Wildman–Crippen MR) is 74.5 cm³/mol. The van der Waals surface area contributed by atoms with Crippen LogP contribution in [0.3, 0.4) is 0 Å². The Balaban J connectivity index is 1.78. The third-order valence-corrected chi connectivity index (χ3v) is 4.43. The van der Waals surface area contributed by atoms with Gasteiger partial charge in [0.1, 0.15) is 5.82 Å². The van der Waals surface area contributed by atoms with Crippen LogP contribution < -0.4 is 10.9 Å². The van der Waals surface area contributed by atoms with Gasteiger partial charge in [0.25, 0.3) is 5.56 Å². The summed E-state index contributed by atoms with van der Waals surface area (Å²) in [5, 5.41) is 3.33. The van der Waals surface area contributed by atoms with E-state index in [0.29, 0.717) is 29.0 Å². The van der Waals surface area contributed by atoms with Gasteiger partial charge in [-0.2, -0.15) is 0 Å². The zero-order valence-corrected chi connectivity index (χ0v) is 11.9. The Kier molecular flexibility index (Phi) is 3.33. The molecule has 0 saturated carbocycles. The van der Waals surface area contributed by atoms with Crippen LogP contribution in [0.4, 0.5) is 0 Å². The number of rotatable bonds is 2. The van der Waals surface area contributed by atoms with Crippen LogP contribution in [0.2, 0.25) is 0 Å². The minimum absolute atomic E-state index is 0.0421. The maximum atomic E-state index is 12.5. The number of aryl methyl sites for hydroxylation is 2. The molecule has 6 heteroatoms. The van der Waals surface area contributed by atoms with Crippen molar-refractivity contribution in [3.05, 3.63) is 27.4 Å². The first kappa shape index (κ1) is 13.3. The fourth-order valence-electron chi connectivity index (χ4n) is 3.37. The van der Waals surface area contributed by atoms with Gasteiger partial charge >= 0.3 is 0 Å². The number of hydrogen-bond donors (Lipinski definition) is 2. The minimum atomic E-state index is -0.191. The van der Waals surface area contributed by atoms with Gasteiger partial charge < -0.3 is 15.2 Å². The van der Waals surface area contributed by atoms with E-state index in [9.17, 15) is 9.59 Å². The molecule has 2 aliphatic heterocycles. The van der Waals surface area contributed by atoms with Crippen LogP contribution in [-0.2, 0) is 11.2 Å². The standard InChI is InChI=1S/C14H20N4O2/c1-8-11(14(20)17-9(2)16-8)5-13(19)18-4-3-10-6-15-7-12(10)18/h10,12,15H,3-7H2,1-2H3,(H,16,17,20)/t10-,12+/m0/s1. The lowest BCUT2D eigenvalue weighted by Crippen LogP contribution is -2.40. The summed E-state index contributed by atoms with van der Waals surface area (Å²) in [6.07, 6.45) is 1.21. The molecule has 0 aromatic carbocycles. The van der Waals surface area contributed by atoms with E-state index < -0.39 is 0 Å². The molecule has 1 aromatic rings. The van der Waals surface area contributed by atoms with E-state index in [1.165, 1.54) is 0 Å². The molecule has 2 saturated heterocycles. The normalized spacial score (nSPS) is 25.0. The van der Waals surface area contributed by atoms with Crippen molar-refractivity contribution in [2.45, 2.75) is 32.7 Å². The summed E-state index contributed by atoms with van der Waals surface area (Å²) in [6, 6.07) is 0.306. The second-order valence-corrected chi connectivity index (χ2v) is 5.75. The summed E-state index contributed by atoms with van der Waals surface area (Å²) < 4.78 is 0. The summed E-state index contributed by atoms with van der Waals surface area (Å²) >= 11 is 0. The molecule has 0 radical (unpaired) electrons. The van der Waals surface area contributed by atoms with Gasteiger partial charge in [-0.15, -0.1) is 0 Å². The van der Waals surface area contributed by atoms with Crippen molar-refractivity contribution in [1.82, 2.24) is 20.2 Å². The summed E-state index contributed by atoms with van der Waals surface area (Å²) in [5.41, 5.74) is 0.957. The predicted octanol–water partition coefficient (Wildman–Crippen LogP) is -0.250. The first-order valence-electron chi connectivity index (χ1n) is 7.13. The molecule has 2 N–H and O–H groups in total. The van der Waals surface area contributed by atoms with Gasteiger partial charge in [-0.05, 0) is 26.2 Å². The molecule has 0 spiro atoms. The maximum Gasteiger partial charge on any atom is 0.254 e. The average molecular weight is 276 g/mol. The summed E-state index contributed by atoms with van der Waals surface area (Å²) in [7, 11) is 0. The van der Waals surface area contributed by atoms with Crippen molar-refractivity contribution >= 4 is 5.91 Å². The van der Waals surface area contributed by atoms with Crippen molar-refractivity contribution in [1.29, 1.82) is 0 Å². The van der Waals surface area contributed by atoms with Gasteiger partial charge in [0.05, 0.1) is 6.42 Å². The lowest BCUT2D eigenvalue weighted by molar-refractivity contribution is -0.131. The molecule has 3 heterocycles. The van der Waals surface area contributed by atoms with Gasteiger partial charge in [-0.3, -0.25) is 9.59 Å². The molecule has 2 atom stereocenters. The molecule has 2 fully saturated rings. The van der Waals surface area contributed by atoms with Crippen LogP contribution in [0.15, 0.2) is 4.79 Å². The molecule has 0 unspecified atom stereocenters. The third kappa shape index (κ3) is 2.24. The Morgan fingerprint density at radius 3 is 2.95 bits per heavy atom. The average Bonchev–Trinajstić information content (AvgIpc) is 2.95. The zero-order valence-electron chi connectivity index (χ0n) is 11.9. The van der Waals surface area contributed by atoms with E-state index in [2.05, 4.69) is 15.3 Å². The highest BCUT2D eigenvalue weighted by atomic mass is 16.2. The van der Waals surface area contributed by atoms with Crippen LogP contribution in [-0.4, -0.2) is 46.5 Å². The maximum absolute atomic E-state index is 12.5. The second kappa shape index (κ2) is 5.01. The number of aromatic amines is 1. The lowest BCUT2D eigenvalue weighted by atomic mass is 10.0. The fourth-order valence-corrected chi connectivity index (χ4v) is 3.37. The quantitative estimate of drug-likeness (QED) is 0.781. The Bertz CT molecular complexity index is 595. The fraction of sp³-hybridized carbons (Fsp3) is 0.643. The summed E-state index contributed by atoms with van der Waals surface area (Å²) in [5.74, 6) is 1.21. The van der Waals surface area contributed by atoms with E-state index >= 15 is 0 Å². The number of hydrogen-bond acceptors (Lipinski definition) is 4. The molecule has 3 rings (SSSR count). The number of H-pyrrole nitrogens is 1. The Morgan fingerprint density at radius 1 is 1.40 bits per heavy atom. The van der Waals surface area contributed by atoms with Crippen molar-refractivity contribution in [2.24, 2.45) is 5.92 Å². The number of nitrogens with one attached hydrogen (secondary N) is 2. The highest BCUT2D eigenvalue weighted by molar-refractivity contribution is 5.79. The Labute approximate surface area is 117 Å². The first-order chi connectivity index (χ1) is 9.56. The lowest BCUT2D eigenvalue weighted by Gasteiger charge is -2.23. The molecule has 20 heavy (non-hydrogen) atoms. The molecule has 0 bridgehead atoms. The highest BCUT2D eigenvalue weighted by Crippen LogP contribution is 2.27. The van der Waals surface area contributed by atoms with Gasteiger partial charge in [0.15, 0.2) is 0 Å². The highest BCUT2D eigenvalue weighted by Gasteiger charge is 2.39. The monoisotopic (exact) mass is 276 g/mol. The summed E-state index contributed by atoms with van der Waals surface area (Å²) in [6.45, 7) is 6.22. The SMILES string of the molecule is Cc1nc(C)c(CC(=O)N2CC[C@H]3CNC[C@H]32)c(=O)[nH]1. The van der Waals surface area contributed by atoms with Gasteiger partial charge in [0.2, 0.25) is 5.91 Å². The van der Waals surface area contributed by atoms with Crippen LogP contribution in [0.25, 0.3) is 0 Å². The van der Waals surface area contributed by atoms with E-state index in [0.717, 1.165) is 26.1 Å². The molecule has 0 aliphatic carbocycles. The molecule has 108 valence electrons. The Hall–Kier alpha value is -1.69. The van der Waals surface area contributed by atoms with Crippen LogP contribution in [0.5, 0.6) is 0 Å². The van der Waals surface area contributed by atoms with E-state index in [1.54, 1.807) is 13.8 Å². The molecular weight excluding hydrogens is 256 g/mol. The second-order valence-electron chi connectivity index (χ2n) is 5.75. The third-order valence-electron chi connectivity index (χ3n) is 4.43. The number of aromatic nitrogens is 2. The van der Waals surface area contributed by atoms with Crippen LogP contribution >= 0.6 is 0 Å². The molecule has 6 nitrogen and oxygen atoms in total.